The van der Waals surface area contributed by atoms with E-state index in [2.05, 4.69) is 20.5 Å². The lowest BCUT2D eigenvalue weighted by Gasteiger charge is -2.11. The van der Waals surface area contributed by atoms with E-state index in [9.17, 15) is 4.79 Å². The van der Waals surface area contributed by atoms with Crippen LogP contribution in [-0.4, -0.2) is 36.2 Å². The van der Waals surface area contributed by atoms with Gasteiger partial charge in [-0.15, -0.1) is 10.2 Å². The molecule has 0 bridgehead atoms. The third kappa shape index (κ3) is 4.29. The molecule has 29 heavy (non-hydrogen) atoms. The van der Waals surface area contributed by atoms with Gasteiger partial charge < -0.3 is 5.32 Å². The molecule has 0 aliphatic carbocycles. The third-order valence-corrected chi connectivity index (χ3v) is 5.65. The fraction of sp³-hybridized carbons (Fsp3) is 0.0526. The molecule has 3 heterocycles. The van der Waals surface area contributed by atoms with Gasteiger partial charge in [0.15, 0.2) is 5.82 Å². The number of hydrogen-bond acceptors (Lipinski definition) is 5. The molecule has 0 aliphatic heterocycles. The number of carbonyl (C=O) groups is 1. The quantitative estimate of drug-likeness (QED) is 0.443. The second-order valence-corrected chi connectivity index (χ2v) is 7.59. The number of thioether (sulfide) groups is 1. The van der Waals surface area contributed by atoms with Gasteiger partial charge in [-0.1, -0.05) is 41.0 Å². The highest BCUT2D eigenvalue weighted by atomic mass is 35.5. The molecule has 0 saturated carbocycles. The van der Waals surface area contributed by atoms with Crippen molar-refractivity contribution in [3.8, 4) is 11.4 Å². The van der Waals surface area contributed by atoms with Crippen LogP contribution in [0.2, 0.25) is 10.0 Å². The van der Waals surface area contributed by atoms with Crippen LogP contribution in [-0.2, 0) is 4.79 Å². The minimum absolute atomic E-state index is 0.120. The van der Waals surface area contributed by atoms with E-state index in [0.29, 0.717) is 26.7 Å². The van der Waals surface area contributed by atoms with Crippen molar-refractivity contribution >= 4 is 46.6 Å². The Morgan fingerprint density at radius 2 is 1.90 bits per heavy atom. The van der Waals surface area contributed by atoms with Crippen LogP contribution in [0.15, 0.2) is 72.4 Å². The molecule has 10 heteroatoms. The monoisotopic (exact) mass is 444 g/mol. The maximum Gasteiger partial charge on any atom is 0.234 e. The van der Waals surface area contributed by atoms with Gasteiger partial charge in [0.2, 0.25) is 11.1 Å². The third-order valence-electron chi connectivity index (χ3n) is 3.91. The largest absolute Gasteiger partial charge is 0.324 e. The standard InChI is InChI=1S/C19H14Cl2N6OS/c20-14-6-3-7-15(17(14)21)23-16(28)12-29-19-25-24-18(13-5-4-8-22-11-13)27(19)26-9-1-2-10-26/h1-11H,12H2,(H,23,28). The van der Waals surface area contributed by atoms with Crippen molar-refractivity contribution in [1.29, 1.82) is 0 Å². The first-order chi connectivity index (χ1) is 14.1. The Balaban J connectivity index is 1.55. The molecule has 0 aliphatic rings. The molecule has 7 nitrogen and oxygen atoms in total. The first-order valence-corrected chi connectivity index (χ1v) is 10.2. The first kappa shape index (κ1) is 19.5. The van der Waals surface area contributed by atoms with Gasteiger partial charge in [-0.3, -0.25) is 14.5 Å². The number of benzene rings is 1. The van der Waals surface area contributed by atoms with Gasteiger partial charge in [-0.05, 0) is 36.4 Å². The number of pyridine rings is 1. The van der Waals surface area contributed by atoms with E-state index < -0.39 is 0 Å². The van der Waals surface area contributed by atoms with Crippen molar-refractivity contribution < 1.29 is 4.79 Å². The number of rotatable bonds is 6. The van der Waals surface area contributed by atoms with E-state index in [4.69, 9.17) is 23.2 Å². The summed E-state index contributed by atoms with van der Waals surface area (Å²) >= 11 is 13.4. The summed E-state index contributed by atoms with van der Waals surface area (Å²) in [6.45, 7) is 0. The number of hydrogen-bond donors (Lipinski definition) is 1. The van der Waals surface area contributed by atoms with E-state index in [1.54, 1.807) is 30.6 Å². The van der Waals surface area contributed by atoms with Crippen molar-refractivity contribution in [2.45, 2.75) is 5.16 Å². The van der Waals surface area contributed by atoms with Crippen molar-refractivity contribution in [3.63, 3.8) is 0 Å². The molecule has 0 atom stereocenters. The minimum Gasteiger partial charge on any atom is -0.324 e. The summed E-state index contributed by atoms with van der Waals surface area (Å²) in [6.07, 6.45) is 7.16. The zero-order valence-electron chi connectivity index (χ0n) is 14.9. The summed E-state index contributed by atoms with van der Waals surface area (Å²) in [7, 11) is 0. The molecule has 0 saturated heterocycles. The van der Waals surface area contributed by atoms with Gasteiger partial charge in [-0.25, -0.2) is 4.68 Å². The van der Waals surface area contributed by atoms with Crippen molar-refractivity contribution in [1.82, 2.24) is 24.5 Å². The molecule has 146 valence electrons. The molecule has 0 unspecified atom stereocenters. The Kier molecular flexibility index (Phi) is 5.84. The molecule has 0 spiro atoms. The van der Waals surface area contributed by atoms with Crippen LogP contribution in [0.5, 0.6) is 0 Å². The Labute approximate surface area is 180 Å². The summed E-state index contributed by atoms with van der Waals surface area (Å²) in [5, 5.41) is 12.6. The number of amides is 1. The van der Waals surface area contributed by atoms with Crippen LogP contribution < -0.4 is 5.32 Å². The molecule has 1 amide bonds. The van der Waals surface area contributed by atoms with Gasteiger partial charge >= 0.3 is 0 Å². The van der Waals surface area contributed by atoms with E-state index in [1.165, 1.54) is 11.8 Å². The zero-order chi connectivity index (χ0) is 20.2. The molecule has 1 aromatic carbocycles. The molecule has 1 N–H and O–H groups in total. The molecular formula is C19H14Cl2N6OS. The Morgan fingerprint density at radius 1 is 1.07 bits per heavy atom. The second kappa shape index (κ2) is 8.69. The number of halogens is 2. The number of nitrogens with one attached hydrogen (secondary N) is 1. The number of nitrogens with zero attached hydrogens (tertiary/aromatic N) is 5. The zero-order valence-corrected chi connectivity index (χ0v) is 17.2. The summed E-state index contributed by atoms with van der Waals surface area (Å²) in [5.74, 6) is 0.509. The maximum atomic E-state index is 12.4. The van der Waals surface area contributed by atoms with Crippen LogP contribution >= 0.6 is 35.0 Å². The average molecular weight is 445 g/mol. The molecule has 3 aromatic heterocycles. The van der Waals surface area contributed by atoms with E-state index in [-0.39, 0.29) is 11.7 Å². The van der Waals surface area contributed by atoms with Gasteiger partial charge in [-0.2, -0.15) is 0 Å². The van der Waals surface area contributed by atoms with Crippen LogP contribution in [0, 0.1) is 0 Å². The van der Waals surface area contributed by atoms with E-state index >= 15 is 0 Å². The SMILES string of the molecule is O=C(CSc1nnc(-c2cccnc2)n1-n1cccc1)Nc1cccc(Cl)c1Cl. The van der Waals surface area contributed by atoms with Gasteiger partial charge in [0.1, 0.15) is 0 Å². The highest BCUT2D eigenvalue weighted by Gasteiger charge is 2.17. The first-order valence-electron chi connectivity index (χ1n) is 8.49. The van der Waals surface area contributed by atoms with Gasteiger partial charge in [0.25, 0.3) is 0 Å². The highest BCUT2D eigenvalue weighted by Crippen LogP contribution is 2.30. The molecule has 4 rings (SSSR count). The lowest BCUT2D eigenvalue weighted by molar-refractivity contribution is -0.113. The minimum atomic E-state index is -0.232. The lowest BCUT2D eigenvalue weighted by atomic mass is 10.3. The normalized spacial score (nSPS) is 10.8. The predicted molar refractivity (Wildman–Crippen MR) is 114 cm³/mol. The summed E-state index contributed by atoms with van der Waals surface area (Å²) in [6, 6.07) is 12.6. The lowest BCUT2D eigenvalue weighted by Crippen LogP contribution is -2.16. The summed E-state index contributed by atoms with van der Waals surface area (Å²) < 4.78 is 3.66. The van der Waals surface area contributed by atoms with Gasteiger partial charge in [0, 0.05) is 30.4 Å². The fourth-order valence-corrected chi connectivity index (χ4v) is 3.70. The van der Waals surface area contributed by atoms with Crippen molar-refractivity contribution in [2.75, 3.05) is 11.1 Å². The Morgan fingerprint density at radius 3 is 2.66 bits per heavy atom. The average Bonchev–Trinajstić information content (AvgIpc) is 3.40. The van der Waals surface area contributed by atoms with Crippen LogP contribution in [0.1, 0.15) is 0 Å². The Hall–Kier alpha value is -2.81. The molecular weight excluding hydrogens is 431 g/mol. The smallest absolute Gasteiger partial charge is 0.234 e. The summed E-state index contributed by atoms with van der Waals surface area (Å²) in [5.41, 5.74) is 1.28. The fourth-order valence-electron chi connectivity index (χ4n) is 2.61. The number of anilines is 1. The second-order valence-electron chi connectivity index (χ2n) is 5.86. The number of carbonyl (C=O) groups excluding carboxylic acids is 1. The molecule has 0 fully saturated rings. The van der Waals surface area contributed by atoms with E-state index in [1.807, 2.05) is 46.0 Å². The van der Waals surface area contributed by atoms with E-state index in [0.717, 1.165) is 5.56 Å². The van der Waals surface area contributed by atoms with Crippen LogP contribution in [0.3, 0.4) is 0 Å². The van der Waals surface area contributed by atoms with Crippen molar-refractivity contribution in [3.05, 3.63) is 77.3 Å². The number of aromatic nitrogens is 5. The highest BCUT2D eigenvalue weighted by molar-refractivity contribution is 7.99. The Bertz CT molecular complexity index is 1130. The van der Waals surface area contributed by atoms with Crippen LogP contribution in [0.25, 0.3) is 11.4 Å². The maximum absolute atomic E-state index is 12.4. The predicted octanol–water partition coefficient (Wildman–Crippen LogP) is 4.49. The van der Waals surface area contributed by atoms with Crippen molar-refractivity contribution in [2.24, 2.45) is 0 Å². The topological polar surface area (TPSA) is 77.6 Å². The molecule has 4 aromatic rings. The molecule has 0 radical (unpaired) electrons. The summed E-state index contributed by atoms with van der Waals surface area (Å²) in [4.78, 5) is 16.6. The van der Waals surface area contributed by atoms with Crippen LogP contribution in [0.4, 0.5) is 5.69 Å². The van der Waals surface area contributed by atoms with Gasteiger partial charge in [0.05, 0.1) is 21.5 Å².